The molecule has 0 saturated carbocycles. The molecule has 39 heavy (non-hydrogen) atoms. The van der Waals surface area contributed by atoms with Crippen molar-refractivity contribution in [3.8, 4) is 5.75 Å². The molecule has 1 atom stereocenters. The monoisotopic (exact) mass is 652 g/mol. The normalized spacial score (nSPS) is 16.8. The Morgan fingerprint density at radius 3 is 2.41 bits per heavy atom. The molecule has 3 N–H and O–H groups in total. The minimum absolute atomic E-state index is 0.0287. The second-order valence-corrected chi connectivity index (χ2v) is 18.8. The summed E-state index contributed by atoms with van der Waals surface area (Å²) < 4.78 is 39.7. The Kier molecular flexibility index (Phi) is 10.6. The van der Waals surface area contributed by atoms with Crippen LogP contribution in [0.3, 0.4) is 0 Å². The molecule has 3 rings (SSSR count). The topological polar surface area (TPSA) is 91.9 Å². The smallest absolute Gasteiger partial charge is 0.258 e. The Morgan fingerprint density at radius 1 is 1.10 bits per heavy atom. The maximum atomic E-state index is 13.9. The van der Waals surface area contributed by atoms with Gasteiger partial charge in [-0.1, -0.05) is 61.6 Å². The second kappa shape index (κ2) is 12.8. The van der Waals surface area contributed by atoms with E-state index in [2.05, 4.69) is 36.2 Å². The van der Waals surface area contributed by atoms with Gasteiger partial charge in [-0.15, -0.1) is 4.83 Å². The molecule has 0 unspecified atom stereocenters. The number of hydrazine groups is 1. The van der Waals surface area contributed by atoms with Crippen molar-refractivity contribution in [1.29, 1.82) is 0 Å². The third-order valence-corrected chi connectivity index (χ3v) is 14.1. The van der Waals surface area contributed by atoms with E-state index in [1.807, 2.05) is 13.1 Å². The van der Waals surface area contributed by atoms with Crippen molar-refractivity contribution in [3.63, 3.8) is 0 Å². The lowest BCUT2D eigenvalue weighted by Gasteiger charge is -2.38. The molecule has 0 spiro atoms. The SMILES string of the molecule is COC[C@@H]1CCCN1NS(=O)(=O)c1c(Cl)ccc(NC(=S)Nc2cccc(Cl)c2Cl)c1O[Si](C)(C)C(C)(C)C. The van der Waals surface area contributed by atoms with E-state index in [4.69, 9.17) is 56.2 Å². The summed E-state index contributed by atoms with van der Waals surface area (Å²) in [5, 5.41) is 8.40. The first kappa shape index (κ1) is 32.4. The predicted molar refractivity (Wildman–Crippen MR) is 168 cm³/mol. The van der Waals surface area contributed by atoms with Gasteiger partial charge in [0, 0.05) is 19.7 Å². The van der Waals surface area contributed by atoms with Crippen LogP contribution in [0.1, 0.15) is 33.6 Å². The van der Waals surface area contributed by atoms with E-state index >= 15 is 0 Å². The number of sulfonamides is 1. The van der Waals surface area contributed by atoms with E-state index in [1.54, 1.807) is 36.4 Å². The van der Waals surface area contributed by atoms with E-state index < -0.39 is 18.3 Å². The Balaban J connectivity index is 2.05. The summed E-state index contributed by atoms with van der Waals surface area (Å²) >= 11 is 24.6. The van der Waals surface area contributed by atoms with Crippen molar-refractivity contribution in [2.24, 2.45) is 0 Å². The van der Waals surface area contributed by atoms with Crippen LogP contribution in [-0.2, 0) is 14.8 Å². The lowest BCUT2D eigenvalue weighted by molar-refractivity contribution is 0.104. The number of halogens is 3. The number of thiocarbonyl (C=S) groups is 1. The van der Waals surface area contributed by atoms with Gasteiger partial charge in [0.25, 0.3) is 18.3 Å². The number of hydrogen-bond acceptors (Lipinski definition) is 6. The molecule has 1 heterocycles. The molecular weight excluding hydrogens is 619 g/mol. The molecule has 1 saturated heterocycles. The highest BCUT2D eigenvalue weighted by atomic mass is 35.5. The number of ether oxygens (including phenoxy) is 1. The Bertz CT molecular complexity index is 1320. The summed E-state index contributed by atoms with van der Waals surface area (Å²) in [6.07, 6.45) is 1.65. The first-order valence-corrected chi connectivity index (χ1v) is 18.3. The van der Waals surface area contributed by atoms with Gasteiger partial charge in [0.2, 0.25) is 0 Å². The summed E-state index contributed by atoms with van der Waals surface area (Å²) in [5.41, 5.74) is 0.838. The number of benzene rings is 2. The number of nitrogens with zero attached hydrogens (tertiary/aromatic N) is 1. The molecule has 0 aromatic heterocycles. The molecule has 2 aromatic carbocycles. The summed E-state index contributed by atoms with van der Waals surface area (Å²) in [5.74, 6) is 0.102. The second-order valence-electron chi connectivity index (χ2n) is 10.8. The van der Waals surface area contributed by atoms with Crippen LogP contribution >= 0.6 is 47.0 Å². The van der Waals surface area contributed by atoms with Crippen LogP contribution in [0.2, 0.25) is 33.2 Å². The van der Waals surface area contributed by atoms with Crippen molar-refractivity contribution in [2.75, 3.05) is 30.9 Å². The van der Waals surface area contributed by atoms with Crippen molar-refractivity contribution < 1.29 is 17.6 Å². The first-order valence-electron chi connectivity index (χ1n) is 12.4. The van der Waals surface area contributed by atoms with Crippen LogP contribution in [0.5, 0.6) is 5.75 Å². The molecule has 0 amide bonds. The standard InChI is InChI=1S/C25H35Cl3N4O4S2Si/c1-25(2,3)39(5,6)36-22-20(30-24(37)29-19-11-7-10-17(26)21(19)28)13-12-18(27)23(22)38(33,34)31-32-14-8-9-16(32)15-35-4/h7,10-13,16,31H,8-9,14-15H2,1-6H3,(H2,29,30,37)/t16-/m0/s1. The van der Waals surface area contributed by atoms with Gasteiger partial charge in [0.15, 0.2) is 5.11 Å². The van der Waals surface area contributed by atoms with Gasteiger partial charge in [-0.05, 0) is 67.5 Å². The number of rotatable bonds is 9. The van der Waals surface area contributed by atoms with Crippen molar-refractivity contribution >= 4 is 81.8 Å². The van der Waals surface area contributed by atoms with E-state index in [9.17, 15) is 8.42 Å². The molecule has 1 aliphatic heterocycles. The summed E-state index contributed by atoms with van der Waals surface area (Å²) in [4.78, 5) is 2.55. The van der Waals surface area contributed by atoms with Gasteiger partial charge < -0.3 is 19.8 Å². The predicted octanol–water partition coefficient (Wildman–Crippen LogP) is 7.14. The van der Waals surface area contributed by atoms with Gasteiger partial charge in [0.1, 0.15) is 10.6 Å². The van der Waals surface area contributed by atoms with E-state index in [0.29, 0.717) is 34.6 Å². The van der Waals surface area contributed by atoms with E-state index in [1.165, 1.54) is 6.07 Å². The van der Waals surface area contributed by atoms with Gasteiger partial charge in [-0.2, -0.15) is 0 Å². The molecule has 1 fully saturated rings. The zero-order valence-corrected chi connectivity index (χ0v) is 27.7. The molecule has 0 aliphatic carbocycles. The zero-order valence-electron chi connectivity index (χ0n) is 22.8. The van der Waals surface area contributed by atoms with Crippen molar-refractivity contribution in [3.05, 3.63) is 45.4 Å². The fourth-order valence-electron chi connectivity index (χ4n) is 3.79. The minimum atomic E-state index is -4.16. The Morgan fingerprint density at radius 2 is 1.77 bits per heavy atom. The quantitative estimate of drug-likeness (QED) is 0.194. The zero-order chi connectivity index (χ0) is 29.2. The van der Waals surface area contributed by atoms with Gasteiger partial charge in [-0.25, -0.2) is 13.4 Å². The Hall–Kier alpha value is -1.15. The van der Waals surface area contributed by atoms with Gasteiger partial charge in [-0.3, -0.25) is 0 Å². The molecule has 0 radical (unpaired) electrons. The van der Waals surface area contributed by atoms with Crippen LogP contribution in [0.4, 0.5) is 11.4 Å². The highest BCUT2D eigenvalue weighted by molar-refractivity contribution is 7.89. The van der Waals surface area contributed by atoms with Crippen molar-refractivity contribution in [2.45, 2.75) is 62.7 Å². The largest absolute Gasteiger partial charge is 0.541 e. The van der Waals surface area contributed by atoms with Crippen LogP contribution in [0, 0.1) is 0 Å². The van der Waals surface area contributed by atoms with Gasteiger partial charge >= 0.3 is 0 Å². The number of hydrogen-bond donors (Lipinski definition) is 3. The summed E-state index contributed by atoms with van der Waals surface area (Å²) in [6.45, 7) is 11.2. The number of nitrogens with one attached hydrogen (secondary N) is 3. The highest BCUT2D eigenvalue weighted by Gasteiger charge is 2.42. The molecule has 0 bridgehead atoms. The summed E-state index contributed by atoms with van der Waals surface area (Å²) in [6, 6.07) is 8.18. The first-order chi connectivity index (χ1) is 18.1. The summed E-state index contributed by atoms with van der Waals surface area (Å²) in [7, 11) is -5.12. The molecule has 216 valence electrons. The Labute approximate surface area is 252 Å². The fourth-order valence-corrected chi connectivity index (χ4v) is 7.28. The third kappa shape index (κ3) is 7.78. The number of methoxy groups -OCH3 is 1. The molecule has 2 aromatic rings. The highest BCUT2D eigenvalue weighted by Crippen LogP contribution is 2.44. The average molecular weight is 654 g/mol. The van der Waals surface area contributed by atoms with E-state index in [-0.39, 0.29) is 31.9 Å². The fraction of sp³-hybridized carbons (Fsp3) is 0.480. The molecule has 1 aliphatic rings. The van der Waals surface area contributed by atoms with Gasteiger partial charge in [0.05, 0.1) is 33.0 Å². The van der Waals surface area contributed by atoms with Crippen LogP contribution in [-0.4, -0.2) is 53.2 Å². The average Bonchev–Trinajstić information content (AvgIpc) is 3.23. The minimum Gasteiger partial charge on any atom is -0.541 e. The molecule has 14 heteroatoms. The van der Waals surface area contributed by atoms with Crippen molar-refractivity contribution in [1.82, 2.24) is 9.84 Å². The maximum absolute atomic E-state index is 13.9. The maximum Gasteiger partial charge on any atom is 0.258 e. The van der Waals surface area contributed by atoms with Crippen LogP contribution < -0.4 is 19.9 Å². The lowest BCUT2D eigenvalue weighted by atomic mass is 10.2. The van der Waals surface area contributed by atoms with Crippen LogP contribution in [0.15, 0.2) is 35.2 Å². The third-order valence-electron chi connectivity index (χ3n) is 6.92. The number of anilines is 2. The lowest BCUT2D eigenvalue weighted by Crippen LogP contribution is -2.47. The van der Waals surface area contributed by atoms with E-state index in [0.717, 1.165) is 12.8 Å². The van der Waals surface area contributed by atoms with Crippen LogP contribution in [0.25, 0.3) is 0 Å². The molecular formula is C25H35Cl3N4O4S2Si. The molecule has 8 nitrogen and oxygen atoms in total.